The molecule has 1 amide bonds. The number of carbonyl (C=O) groups is 1. The molecule has 1 heterocycles. The van der Waals surface area contributed by atoms with E-state index in [-0.39, 0.29) is 11.7 Å². The summed E-state index contributed by atoms with van der Waals surface area (Å²) in [6.45, 7) is 1.44. The third-order valence-electron chi connectivity index (χ3n) is 5.26. The van der Waals surface area contributed by atoms with Crippen molar-refractivity contribution in [3.8, 4) is 5.75 Å². The molecule has 1 aliphatic heterocycles. The second-order valence-electron chi connectivity index (χ2n) is 7.35. The minimum Gasteiger partial charge on any atom is -0.497 e. The van der Waals surface area contributed by atoms with E-state index in [9.17, 15) is 9.18 Å². The van der Waals surface area contributed by atoms with Gasteiger partial charge in [-0.3, -0.25) is 4.79 Å². The van der Waals surface area contributed by atoms with Crippen LogP contribution in [0.3, 0.4) is 0 Å². The van der Waals surface area contributed by atoms with Crippen molar-refractivity contribution in [2.24, 2.45) is 5.92 Å². The molecule has 27 heavy (non-hydrogen) atoms. The van der Waals surface area contributed by atoms with E-state index in [0.717, 1.165) is 38.1 Å². The van der Waals surface area contributed by atoms with Crippen LogP contribution in [0.4, 0.5) is 10.1 Å². The third kappa shape index (κ3) is 4.59. The topological polar surface area (TPSA) is 32.8 Å². The Hall–Kier alpha value is -2.56. The number of halogens is 1. The van der Waals surface area contributed by atoms with Gasteiger partial charge in [0.05, 0.1) is 12.8 Å². The number of ether oxygens (including phenoxy) is 1. The molecule has 5 heteroatoms. The maximum absolute atomic E-state index is 14.2. The maximum Gasteiger partial charge on any atom is 0.253 e. The number of rotatable bonds is 5. The molecule has 0 unspecified atom stereocenters. The number of hydrogen-bond donors (Lipinski definition) is 0. The summed E-state index contributed by atoms with van der Waals surface area (Å²) in [5.74, 6) is 0.990. The number of carbonyl (C=O) groups excluding carboxylic acids is 1. The Morgan fingerprint density at radius 3 is 2.37 bits per heavy atom. The molecule has 2 aromatic carbocycles. The first-order chi connectivity index (χ1) is 13.0. The molecular formula is C22H27FN2O2. The van der Waals surface area contributed by atoms with Crippen LogP contribution in [-0.4, -0.2) is 45.1 Å². The monoisotopic (exact) mass is 370 g/mol. The molecule has 1 aliphatic rings. The molecular weight excluding hydrogens is 343 g/mol. The van der Waals surface area contributed by atoms with Crippen molar-refractivity contribution in [1.29, 1.82) is 0 Å². The zero-order valence-electron chi connectivity index (χ0n) is 16.2. The summed E-state index contributed by atoms with van der Waals surface area (Å²) in [4.78, 5) is 16.2. The zero-order chi connectivity index (χ0) is 19.4. The number of likely N-dealkylation sites (tertiary alicyclic amines) is 1. The molecule has 0 N–H and O–H groups in total. The first kappa shape index (κ1) is 19.2. The van der Waals surface area contributed by atoms with Crippen LogP contribution in [0.2, 0.25) is 0 Å². The fraction of sp³-hybridized carbons (Fsp3) is 0.409. The smallest absolute Gasteiger partial charge is 0.253 e. The molecule has 0 saturated carbocycles. The zero-order valence-corrected chi connectivity index (χ0v) is 16.2. The first-order valence-corrected chi connectivity index (χ1v) is 9.37. The van der Waals surface area contributed by atoms with Crippen molar-refractivity contribution >= 4 is 11.6 Å². The van der Waals surface area contributed by atoms with E-state index in [1.165, 1.54) is 11.6 Å². The second kappa shape index (κ2) is 8.42. The van der Waals surface area contributed by atoms with Gasteiger partial charge in [-0.1, -0.05) is 12.1 Å². The van der Waals surface area contributed by atoms with E-state index in [0.29, 0.717) is 17.2 Å². The van der Waals surface area contributed by atoms with E-state index < -0.39 is 0 Å². The fourth-order valence-electron chi connectivity index (χ4n) is 3.62. The van der Waals surface area contributed by atoms with Crippen molar-refractivity contribution in [2.75, 3.05) is 39.2 Å². The number of nitrogens with zero attached hydrogens (tertiary/aromatic N) is 2. The van der Waals surface area contributed by atoms with Gasteiger partial charge in [0.1, 0.15) is 11.6 Å². The fourth-order valence-corrected chi connectivity index (χ4v) is 3.62. The second-order valence-corrected chi connectivity index (χ2v) is 7.35. The quantitative estimate of drug-likeness (QED) is 0.798. The number of amides is 1. The van der Waals surface area contributed by atoms with Gasteiger partial charge < -0.3 is 14.5 Å². The molecule has 3 rings (SSSR count). The van der Waals surface area contributed by atoms with Crippen molar-refractivity contribution in [1.82, 2.24) is 4.90 Å². The van der Waals surface area contributed by atoms with E-state index in [2.05, 4.69) is 12.1 Å². The maximum atomic E-state index is 14.2. The summed E-state index contributed by atoms with van der Waals surface area (Å²) in [5.41, 5.74) is 2.21. The van der Waals surface area contributed by atoms with Crippen LogP contribution < -0.4 is 9.64 Å². The van der Waals surface area contributed by atoms with Crippen LogP contribution in [-0.2, 0) is 6.42 Å². The normalized spacial score (nSPS) is 14.9. The number of methoxy groups -OCH3 is 1. The van der Waals surface area contributed by atoms with Gasteiger partial charge in [-0.05, 0) is 61.1 Å². The van der Waals surface area contributed by atoms with Crippen LogP contribution in [0.15, 0.2) is 42.5 Å². The van der Waals surface area contributed by atoms with Crippen LogP contribution >= 0.6 is 0 Å². The van der Waals surface area contributed by atoms with E-state index in [4.69, 9.17) is 4.74 Å². The number of piperidine rings is 1. The van der Waals surface area contributed by atoms with Crippen molar-refractivity contribution in [3.63, 3.8) is 0 Å². The van der Waals surface area contributed by atoms with Crippen LogP contribution in [0, 0.1) is 11.7 Å². The highest BCUT2D eigenvalue weighted by Crippen LogP contribution is 2.25. The van der Waals surface area contributed by atoms with Gasteiger partial charge in [-0.2, -0.15) is 0 Å². The summed E-state index contributed by atoms with van der Waals surface area (Å²) >= 11 is 0. The summed E-state index contributed by atoms with van der Waals surface area (Å²) < 4.78 is 19.4. The molecule has 1 saturated heterocycles. The largest absolute Gasteiger partial charge is 0.497 e. The Bertz CT molecular complexity index is 781. The Morgan fingerprint density at radius 2 is 1.81 bits per heavy atom. The molecule has 2 aromatic rings. The molecule has 144 valence electrons. The van der Waals surface area contributed by atoms with Gasteiger partial charge in [0.15, 0.2) is 0 Å². The van der Waals surface area contributed by atoms with Crippen LogP contribution in [0.1, 0.15) is 28.8 Å². The third-order valence-corrected chi connectivity index (χ3v) is 5.26. The minimum atomic E-state index is -0.361. The molecule has 1 fully saturated rings. The van der Waals surface area contributed by atoms with Crippen molar-refractivity contribution in [3.05, 3.63) is 59.4 Å². The van der Waals surface area contributed by atoms with Gasteiger partial charge in [0, 0.05) is 32.7 Å². The standard InChI is InChI=1S/C22H27FN2O2/c1-24(2)21-9-6-18(15-20(21)23)22(26)25-12-10-17(11-13-25)14-16-4-7-19(27-3)8-5-16/h4-9,15,17H,10-14H2,1-3H3. The predicted octanol–water partition coefficient (Wildman–Crippen LogP) is 4.00. The molecule has 0 aromatic heterocycles. The minimum absolute atomic E-state index is 0.0814. The molecule has 0 bridgehead atoms. The molecule has 0 aliphatic carbocycles. The number of benzene rings is 2. The van der Waals surface area contributed by atoms with Gasteiger partial charge in [-0.15, -0.1) is 0 Å². The number of anilines is 1. The lowest BCUT2D eigenvalue weighted by molar-refractivity contribution is 0.0690. The molecule has 4 nitrogen and oxygen atoms in total. The van der Waals surface area contributed by atoms with Gasteiger partial charge in [-0.25, -0.2) is 4.39 Å². The summed E-state index contributed by atoms with van der Waals surface area (Å²) in [5, 5.41) is 0. The van der Waals surface area contributed by atoms with Crippen LogP contribution in [0.25, 0.3) is 0 Å². The van der Waals surface area contributed by atoms with Gasteiger partial charge in [0.25, 0.3) is 5.91 Å². The lowest BCUT2D eigenvalue weighted by Gasteiger charge is -2.32. The lowest BCUT2D eigenvalue weighted by atomic mass is 9.90. The Labute approximate surface area is 160 Å². The first-order valence-electron chi connectivity index (χ1n) is 9.37. The highest BCUT2D eigenvalue weighted by molar-refractivity contribution is 5.94. The van der Waals surface area contributed by atoms with Crippen molar-refractivity contribution in [2.45, 2.75) is 19.3 Å². The van der Waals surface area contributed by atoms with Gasteiger partial charge >= 0.3 is 0 Å². The SMILES string of the molecule is COc1ccc(CC2CCN(C(=O)c3ccc(N(C)C)c(F)c3)CC2)cc1. The Balaban J connectivity index is 1.56. The average molecular weight is 370 g/mol. The molecule has 0 atom stereocenters. The summed E-state index contributed by atoms with van der Waals surface area (Å²) in [7, 11) is 5.24. The highest BCUT2D eigenvalue weighted by Gasteiger charge is 2.24. The Morgan fingerprint density at radius 1 is 1.15 bits per heavy atom. The lowest BCUT2D eigenvalue weighted by Crippen LogP contribution is -2.39. The van der Waals surface area contributed by atoms with Crippen LogP contribution in [0.5, 0.6) is 5.75 Å². The predicted molar refractivity (Wildman–Crippen MR) is 106 cm³/mol. The summed E-state index contributed by atoms with van der Waals surface area (Å²) in [6.07, 6.45) is 2.95. The van der Waals surface area contributed by atoms with Gasteiger partial charge in [0.2, 0.25) is 0 Å². The average Bonchev–Trinajstić information content (AvgIpc) is 2.68. The summed E-state index contributed by atoms with van der Waals surface area (Å²) in [6, 6.07) is 12.9. The van der Waals surface area contributed by atoms with E-state index in [1.54, 1.807) is 38.2 Å². The molecule has 0 spiro atoms. The van der Waals surface area contributed by atoms with E-state index in [1.807, 2.05) is 17.0 Å². The Kier molecular flexibility index (Phi) is 5.99. The number of hydrogen-bond acceptors (Lipinski definition) is 3. The van der Waals surface area contributed by atoms with E-state index >= 15 is 0 Å². The van der Waals surface area contributed by atoms with Crippen molar-refractivity contribution < 1.29 is 13.9 Å². The molecule has 0 radical (unpaired) electrons. The highest BCUT2D eigenvalue weighted by atomic mass is 19.1.